The molecule has 3 rings (SSSR count). The summed E-state index contributed by atoms with van der Waals surface area (Å²) in [5.74, 6) is -0.579. The van der Waals surface area contributed by atoms with E-state index in [1.165, 1.54) is 6.07 Å². The molecule has 7 nitrogen and oxygen atoms in total. The number of piperazine rings is 1. The Labute approximate surface area is 152 Å². The molecule has 1 unspecified atom stereocenters. The number of ether oxygens (including phenoxy) is 1. The predicted molar refractivity (Wildman–Crippen MR) is 95.8 cm³/mol. The normalized spacial score (nSPS) is 21.6. The molecule has 2 saturated heterocycles. The molecular weight excluding hydrogens is 339 g/mol. The standard InChI is InChI=1S/C18H25FN4O3/c19-15-11-14(26-17-10-13(24)12-21-18(17)25)2-3-16(15)23-8-6-22(7-9-23)5-1-4-20/h2-3,11,17H,1,4-10,12,20H2,(H,21,25). The van der Waals surface area contributed by atoms with Crippen LogP contribution in [0.1, 0.15) is 12.8 Å². The molecule has 1 amide bonds. The van der Waals surface area contributed by atoms with Gasteiger partial charge in [0.1, 0.15) is 11.6 Å². The van der Waals surface area contributed by atoms with Gasteiger partial charge in [0.15, 0.2) is 11.9 Å². The highest BCUT2D eigenvalue weighted by molar-refractivity contribution is 5.95. The molecule has 2 aliphatic rings. The number of ketones is 1. The molecule has 3 N–H and O–H groups in total. The highest BCUT2D eigenvalue weighted by atomic mass is 19.1. The molecular formula is C18H25FN4O3. The molecule has 1 aromatic rings. The number of rotatable bonds is 6. The fourth-order valence-corrected chi connectivity index (χ4v) is 3.28. The fourth-order valence-electron chi connectivity index (χ4n) is 3.28. The minimum absolute atomic E-state index is 0.0139. The SMILES string of the molecule is NCCCN1CCN(c2ccc(OC3CC(=O)CNC3=O)cc2F)CC1. The van der Waals surface area contributed by atoms with E-state index in [4.69, 9.17) is 10.5 Å². The lowest BCUT2D eigenvalue weighted by atomic mass is 10.1. The van der Waals surface area contributed by atoms with Crippen LogP contribution in [0.5, 0.6) is 5.75 Å². The van der Waals surface area contributed by atoms with Crippen molar-refractivity contribution in [1.29, 1.82) is 0 Å². The third-order valence-corrected chi connectivity index (χ3v) is 4.75. The summed E-state index contributed by atoms with van der Waals surface area (Å²) in [6.07, 6.45) is 0.0880. The van der Waals surface area contributed by atoms with Gasteiger partial charge < -0.3 is 20.7 Å². The van der Waals surface area contributed by atoms with Crippen LogP contribution in [0, 0.1) is 5.82 Å². The summed E-state index contributed by atoms with van der Waals surface area (Å²) in [6, 6.07) is 4.59. The summed E-state index contributed by atoms with van der Waals surface area (Å²) in [7, 11) is 0. The van der Waals surface area contributed by atoms with Gasteiger partial charge in [0.25, 0.3) is 5.91 Å². The quantitative estimate of drug-likeness (QED) is 0.746. The number of hydrogen-bond acceptors (Lipinski definition) is 6. The number of amides is 1. The van der Waals surface area contributed by atoms with Crippen LogP contribution >= 0.6 is 0 Å². The third kappa shape index (κ3) is 4.50. The van der Waals surface area contributed by atoms with E-state index in [1.54, 1.807) is 12.1 Å². The summed E-state index contributed by atoms with van der Waals surface area (Å²) in [5, 5.41) is 2.47. The lowest BCUT2D eigenvalue weighted by Crippen LogP contribution is -2.48. The van der Waals surface area contributed by atoms with Crippen LogP contribution in [0.3, 0.4) is 0 Å². The second kappa shape index (κ2) is 8.46. The van der Waals surface area contributed by atoms with Crippen molar-refractivity contribution in [2.45, 2.75) is 18.9 Å². The largest absolute Gasteiger partial charge is 0.480 e. The average molecular weight is 364 g/mol. The monoisotopic (exact) mass is 364 g/mol. The van der Waals surface area contributed by atoms with Gasteiger partial charge in [0.05, 0.1) is 18.7 Å². The minimum Gasteiger partial charge on any atom is -0.480 e. The van der Waals surface area contributed by atoms with Crippen molar-refractivity contribution in [1.82, 2.24) is 10.2 Å². The topological polar surface area (TPSA) is 87.9 Å². The van der Waals surface area contributed by atoms with Gasteiger partial charge in [-0.25, -0.2) is 4.39 Å². The smallest absolute Gasteiger partial charge is 0.261 e. The van der Waals surface area contributed by atoms with Crippen molar-refractivity contribution in [3.05, 3.63) is 24.0 Å². The highest BCUT2D eigenvalue weighted by Gasteiger charge is 2.29. The van der Waals surface area contributed by atoms with Crippen LogP contribution in [0.4, 0.5) is 10.1 Å². The highest BCUT2D eigenvalue weighted by Crippen LogP contribution is 2.26. The second-order valence-corrected chi connectivity index (χ2v) is 6.65. The lowest BCUT2D eigenvalue weighted by molar-refractivity contribution is -0.137. The molecule has 26 heavy (non-hydrogen) atoms. The minimum atomic E-state index is -0.896. The fraction of sp³-hybridized carbons (Fsp3) is 0.556. The number of nitrogens with zero attached hydrogens (tertiary/aromatic N) is 2. The Bertz CT molecular complexity index is 662. The van der Waals surface area contributed by atoms with Gasteiger partial charge in [-0.3, -0.25) is 14.5 Å². The van der Waals surface area contributed by atoms with Crippen LogP contribution in [0.2, 0.25) is 0 Å². The van der Waals surface area contributed by atoms with E-state index in [2.05, 4.69) is 10.2 Å². The number of anilines is 1. The average Bonchev–Trinajstić information content (AvgIpc) is 2.64. The van der Waals surface area contributed by atoms with Crippen molar-refractivity contribution < 1.29 is 18.7 Å². The molecule has 2 aliphatic heterocycles. The maximum atomic E-state index is 14.5. The molecule has 0 radical (unpaired) electrons. The number of halogens is 1. The van der Waals surface area contributed by atoms with Crippen molar-refractivity contribution in [2.75, 3.05) is 50.7 Å². The van der Waals surface area contributed by atoms with Gasteiger partial charge in [-0.2, -0.15) is 0 Å². The van der Waals surface area contributed by atoms with E-state index >= 15 is 0 Å². The van der Waals surface area contributed by atoms with Gasteiger partial charge >= 0.3 is 0 Å². The molecule has 1 atom stereocenters. The van der Waals surface area contributed by atoms with Crippen LogP contribution in [0.25, 0.3) is 0 Å². The molecule has 2 heterocycles. The Morgan fingerprint density at radius 2 is 2.00 bits per heavy atom. The summed E-state index contributed by atoms with van der Waals surface area (Å²) in [6.45, 7) is 4.94. The van der Waals surface area contributed by atoms with Crippen LogP contribution in [-0.4, -0.2) is 68.5 Å². The van der Waals surface area contributed by atoms with Gasteiger partial charge in [-0.15, -0.1) is 0 Å². The maximum Gasteiger partial charge on any atom is 0.261 e. The Balaban J connectivity index is 1.59. The zero-order valence-electron chi connectivity index (χ0n) is 14.7. The van der Waals surface area contributed by atoms with Crippen molar-refractivity contribution in [3.8, 4) is 5.75 Å². The Hall–Kier alpha value is -2.19. The zero-order valence-corrected chi connectivity index (χ0v) is 14.7. The van der Waals surface area contributed by atoms with Gasteiger partial charge in [0, 0.05) is 32.2 Å². The van der Waals surface area contributed by atoms with Crippen molar-refractivity contribution in [3.63, 3.8) is 0 Å². The molecule has 8 heteroatoms. The first kappa shape index (κ1) is 18.6. The Morgan fingerprint density at radius 3 is 2.69 bits per heavy atom. The second-order valence-electron chi connectivity index (χ2n) is 6.65. The van der Waals surface area contributed by atoms with E-state index in [0.717, 1.165) is 39.1 Å². The van der Waals surface area contributed by atoms with Crippen LogP contribution in [0.15, 0.2) is 18.2 Å². The third-order valence-electron chi connectivity index (χ3n) is 4.75. The molecule has 0 saturated carbocycles. The summed E-state index contributed by atoms with van der Waals surface area (Å²) in [5.41, 5.74) is 6.07. The Morgan fingerprint density at radius 1 is 1.23 bits per heavy atom. The number of carbonyl (C=O) groups excluding carboxylic acids is 2. The van der Waals surface area contributed by atoms with E-state index in [0.29, 0.717) is 12.2 Å². The maximum absolute atomic E-state index is 14.5. The van der Waals surface area contributed by atoms with Gasteiger partial charge in [-0.05, 0) is 31.6 Å². The summed E-state index contributed by atoms with van der Waals surface area (Å²) < 4.78 is 20.1. The van der Waals surface area contributed by atoms with E-state index in [1.807, 2.05) is 4.90 Å². The first-order chi connectivity index (χ1) is 12.6. The van der Waals surface area contributed by atoms with Crippen molar-refractivity contribution in [2.24, 2.45) is 5.73 Å². The molecule has 1 aromatic carbocycles. The van der Waals surface area contributed by atoms with Crippen LogP contribution < -0.4 is 20.7 Å². The number of carbonyl (C=O) groups is 2. The van der Waals surface area contributed by atoms with Crippen LogP contribution in [-0.2, 0) is 9.59 Å². The summed E-state index contributed by atoms with van der Waals surface area (Å²) in [4.78, 5) is 27.5. The number of piperidine rings is 1. The molecule has 0 spiro atoms. The molecule has 0 aromatic heterocycles. The molecule has 0 bridgehead atoms. The van der Waals surface area contributed by atoms with Crippen molar-refractivity contribution >= 4 is 17.4 Å². The molecule has 0 aliphatic carbocycles. The van der Waals surface area contributed by atoms with Gasteiger partial charge in [-0.1, -0.05) is 0 Å². The lowest BCUT2D eigenvalue weighted by Gasteiger charge is -2.36. The number of nitrogens with one attached hydrogen (secondary N) is 1. The molecule has 2 fully saturated rings. The first-order valence-corrected chi connectivity index (χ1v) is 9.00. The van der Waals surface area contributed by atoms with Gasteiger partial charge in [0.2, 0.25) is 0 Å². The van der Waals surface area contributed by atoms with E-state index in [9.17, 15) is 14.0 Å². The first-order valence-electron chi connectivity index (χ1n) is 9.00. The Kier molecular flexibility index (Phi) is 6.05. The van der Waals surface area contributed by atoms with E-state index < -0.39 is 6.10 Å². The number of benzene rings is 1. The number of nitrogens with two attached hydrogens (primary N) is 1. The zero-order chi connectivity index (χ0) is 18.5. The predicted octanol–water partition coefficient (Wildman–Crippen LogP) is 0.133. The van der Waals surface area contributed by atoms with E-state index in [-0.39, 0.29) is 36.2 Å². The number of hydrogen-bond donors (Lipinski definition) is 2. The molecule has 142 valence electrons. The summed E-state index contributed by atoms with van der Waals surface area (Å²) >= 11 is 0. The number of Topliss-reactive ketones (excluding diaryl/α,β-unsaturated/α-hetero) is 1.